The summed E-state index contributed by atoms with van der Waals surface area (Å²) in [5, 5.41) is 0. The lowest BCUT2D eigenvalue weighted by Gasteiger charge is -2.17. The zero-order valence-corrected chi connectivity index (χ0v) is 17.7. The van der Waals surface area contributed by atoms with Crippen molar-refractivity contribution in [3.63, 3.8) is 0 Å². The zero-order valence-electron chi connectivity index (χ0n) is 16.9. The van der Waals surface area contributed by atoms with Crippen molar-refractivity contribution >= 4 is 34.8 Å². The number of anilines is 1. The highest BCUT2D eigenvalue weighted by Crippen LogP contribution is 2.39. The molecule has 2 aromatic rings. The number of amides is 2. The summed E-state index contributed by atoms with van der Waals surface area (Å²) in [7, 11) is 0. The van der Waals surface area contributed by atoms with Crippen molar-refractivity contribution in [2.24, 2.45) is 0 Å². The first-order valence-electron chi connectivity index (χ1n) is 9.43. The fourth-order valence-electron chi connectivity index (χ4n) is 3.33. The first kappa shape index (κ1) is 20.2. The lowest BCUT2D eigenvalue weighted by molar-refractivity contribution is -0.119. The Hall–Kier alpha value is -2.53. The second-order valence-electron chi connectivity index (χ2n) is 7.12. The van der Waals surface area contributed by atoms with Gasteiger partial charge < -0.3 is 4.74 Å². The van der Waals surface area contributed by atoms with Crippen LogP contribution in [0.1, 0.15) is 37.5 Å². The van der Waals surface area contributed by atoms with Gasteiger partial charge in [-0.3, -0.25) is 9.59 Å². The summed E-state index contributed by atoms with van der Waals surface area (Å²) in [5.74, 6) is 0.933. The van der Waals surface area contributed by atoms with Crippen LogP contribution >= 0.6 is 11.8 Å². The molecule has 1 aliphatic heterocycles. The van der Waals surface area contributed by atoms with Gasteiger partial charge in [-0.2, -0.15) is 0 Å². The molecule has 0 fully saturated rings. The predicted octanol–water partition coefficient (Wildman–Crippen LogP) is 5.13. The second kappa shape index (κ2) is 8.23. The number of ether oxygens (including phenoxy) is 1. The van der Waals surface area contributed by atoms with Crippen LogP contribution in [0.3, 0.4) is 0 Å². The van der Waals surface area contributed by atoms with E-state index in [1.54, 1.807) is 0 Å². The molecule has 0 atom stereocenters. The van der Waals surface area contributed by atoms with Gasteiger partial charge in [0.25, 0.3) is 11.8 Å². The molecule has 0 aromatic heterocycles. The molecule has 0 radical (unpaired) electrons. The third-order valence-corrected chi connectivity index (χ3v) is 5.27. The molecule has 0 unspecified atom stereocenters. The van der Waals surface area contributed by atoms with Crippen molar-refractivity contribution in [2.45, 2.75) is 40.7 Å². The van der Waals surface area contributed by atoms with Gasteiger partial charge in [0.15, 0.2) is 0 Å². The van der Waals surface area contributed by atoms with Gasteiger partial charge in [0.1, 0.15) is 5.75 Å². The minimum absolute atomic E-state index is 0.0750. The van der Waals surface area contributed by atoms with Gasteiger partial charge in [-0.25, -0.2) is 4.90 Å². The van der Waals surface area contributed by atoms with Gasteiger partial charge in [-0.15, -0.1) is 11.8 Å². The summed E-state index contributed by atoms with van der Waals surface area (Å²) in [4.78, 5) is 28.2. The molecule has 3 rings (SSSR count). The smallest absolute Gasteiger partial charge is 0.272 e. The minimum atomic E-state index is -0.275. The molecule has 146 valence electrons. The zero-order chi connectivity index (χ0) is 20.4. The first-order chi connectivity index (χ1) is 13.3. The Bertz CT molecular complexity index is 925. The molecule has 4 nitrogen and oxygen atoms in total. The summed E-state index contributed by atoms with van der Waals surface area (Å²) >= 11 is 1.41. The third kappa shape index (κ3) is 3.99. The largest absolute Gasteiger partial charge is 0.491 e. The number of rotatable bonds is 6. The molecule has 0 N–H and O–H groups in total. The van der Waals surface area contributed by atoms with E-state index in [0.29, 0.717) is 21.9 Å². The summed E-state index contributed by atoms with van der Waals surface area (Å²) in [6.07, 6.45) is 0.0750. The fourth-order valence-corrected chi connectivity index (χ4v) is 4.18. The van der Waals surface area contributed by atoms with E-state index in [0.717, 1.165) is 22.4 Å². The van der Waals surface area contributed by atoms with Crippen molar-refractivity contribution in [1.29, 1.82) is 0 Å². The maximum absolute atomic E-state index is 13.3. The number of nitrogens with zero attached hydrogens (tertiary/aromatic N) is 1. The van der Waals surface area contributed by atoms with Gasteiger partial charge in [0.05, 0.1) is 22.3 Å². The highest BCUT2D eigenvalue weighted by Gasteiger charge is 2.40. The third-order valence-electron chi connectivity index (χ3n) is 4.31. The van der Waals surface area contributed by atoms with E-state index in [2.05, 4.69) is 0 Å². The SMILES string of the molecule is CCSC1=C(c2ccc(OC(C)C)cc2)C(=O)N(c2cc(C)cc(C)c2)C1=O. The molecule has 1 heterocycles. The number of thioether (sulfide) groups is 1. The summed E-state index contributed by atoms with van der Waals surface area (Å²) < 4.78 is 5.69. The molecule has 0 spiro atoms. The van der Waals surface area contributed by atoms with Gasteiger partial charge >= 0.3 is 0 Å². The average molecular weight is 396 g/mol. The predicted molar refractivity (Wildman–Crippen MR) is 116 cm³/mol. The lowest BCUT2D eigenvalue weighted by Crippen LogP contribution is -2.31. The maximum atomic E-state index is 13.3. The van der Waals surface area contributed by atoms with Crippen LogP contribution in [0, 0.1) is 13.8 Å². The molecule has 0 aliphatic carbocycles. The second-order valence-corrected chi connectivity index (χ2v) is 8.39. The molecule has 2 amide bonds. The molecule has 0 saturated heterocycles. The Morgan fingerprint density at radius 1 is 0.964 bits per heavy atom. The molecule has 5 heteroatoms. The Kier molecular flexibility index (Phi) is 5.94. The summed E-state index contributed by atoms with van der Waals surface area (Å²) in [5.41, 5.74) is 3.86. The van der Waals surface area contributed by atoms with Crippen LogP contribution < -0.4 is 9.64 Å². The van der Waals surface area contributed by atoms with E-state index in [9.17, 15) is 9.59 Å². The van der Waals surface area contributed by atoms with Crippen molar-refractivity contribution in [2.75, 3.05) is 10.7 Å². The highest BCUT2D eigenvalue weighted by atomic mass is 32.2. The van der Waals surface area contributed by atoms with Crippen molar-refractivity contribution in [3.8, 4) is 5.75 Å². The number of benzene rings is 2. The van der Waals surface area contributed by atoms with Crippen LogP contribution in [-0.4, -0.2) is 23.7 Å². The number of aryl methyl sites for hydroxylation is 2. The van der Waals surface area contributed by atoms with Crippen molar-refractivity contribution < 1.29 is 14.3 Å². The standard InChI is InChI=1S/C23H25NO3S/c1-6-28-21-20(17-7-9-19(10-8-17)27-14(2)3)22(25)24(23(21)26)18-12-15(4)11-16(5)13-18/h7-14H,6H2,1-5H3. The van der Waals surface area contributed by atoms with Gasteiger partial charge in [0.2, 0.25) is 0 Å². The first-order valence-corrected chi connectivity index (χ1v) is 10.4. The summed E-state index contributed by atoms with van der Waals surface area (Å²) in [6.45, 7) is 9.84. The van der Waals surface area contributed by atoms with Gasteiger partial charge in [-0.1, -0.05) is 25.1 Å². The van der Waals surface area contributed by atoms with Crippen molar-refractivity contribution in [3.05, 3.63) is 64.1 Å². The fraction of sp³-hybridized carbons (Fsp3) is 0.304. The molecule has 2 aromatic carbocycles. The van der Waals surface area contributed by atoms with Crippen LogP contribution in [0.15, 0.2) is 47.4 Å². The van der Waals surface area contributed by atoms with Crippen LogP contribution in [0.5, 0.6) is 5.75 Å². The maximum Gasteiger partial charge on any atom is 0.272 e. The van der Waals surface area contributed by atoms with Crippen LogP contribution in [0.25, 0.3) is 5.57 Å². The quantitative estimate of drug-likeness (QED) is 0.636. The number of carbonyl (C=O) groups is 2. The van der Waals surface area contributed by atoms with E-state index >= 15 is 0 Å². The number of hydrogen-bond acceptors (Lipinski definition) is 4. The molecule has 0 bridgehead atoms. The molecule has 1 aliphatic rings. The van der Waals surface area contributed by atoms with Gasteiger partial charge in [0, 0.05) is 0 Å². The molecule has 28 heavy (non-hydrogen) atoms. The van der Waals surface area contributed by atoms with Crippen LogP contribution in [0.2, 0.25) is 0 Å². The van der Waals surface area contributed by atoms with E-state index < -0.39 is 0 Å². The van der Waals surface area contributed by atoms with E-state index in [4.69, 9.17) is 4.74 Å². The average Bonchev–Trinajstić information content (AvgIpc) is 2.85. The van der Waals surface area contributed by atoms with Gasteiger partial charge in [-0.05, 0) is 74.4 Å². The molecule has 0 saturated carbocycles. The van der Waals surface area contributed by atoms with Crippen LogP contribution in [-0.2, 0) is 9.59 Å². The van der Waals surface area contributed by atoms with E-state index in [1.807, 2.05) is 77.1 Å². The number of carbonyl (C=O) groups excluding carboxylic acids is 2. The van der Waals surface area contributed by atoms with Crippen molar-refractivity contribution in [1.82, 2.24) is 0 Å². The monoisotopic (exact) mass is 395 g/mol. The normalized spacial score (nSPS) is 14.4. The highest BCUT2D eigenvalue weighted by molar-refractivity contribution is 8.04. The Morgan fingerprint density at radius 3 is 2.11 bits per heavy atom. The Morgan fingerprint density at radius 2 is 1.57 bits per heavy atom. The molecular weight excluding hydrogens is 370 g/mol. The molecular formula is C23H25NO3S. The van der Waals surface area contributed by atoms with Crippen LogP contribution in [0.4, 0.5) is 5.69 Å². The minimum Gasteiger partial charge on any atom is -0.491 e. The van der Waals surface area contributed by atoms with E-state index in [1.165, 1.54) is 16.7 Å². The number of imide groups is 1. The number of hydrogen-bond donors (Lipinski definition) is 0. The van der Waals surface area contributed by atoms with E-state index in [-0.39, 0.29) is 17.9 Å². The summed E-state index contributed by atoms with van der Waals surface area (Å²) in [6, 6.07) is 13.2. The topological polar surface area (TPSA) is 46.6 Å². The lowest BCUT2D eigenvalue weighted by atomic mass is 10.1. The Labute approximate surface area is 170 Å². The Balaban J connectivity index is 2.02.